The molecule has 0 radical (unpaired) electrons. The Morgan fingerprint density at radius 2 is 1.72 bits per heavy atom. The zero-order valence-electron chi connectivity index (χ0n) is 23.2. The number of carbonyl (C=O) groups excluding carboxylic acids is 2. The summed E-state index contributed by atoms with van der Waals surface area (Å²) in [6.45, 7) is 0.328. The first-order valence-corrected chi connectivity index (χ1v) is 15.1. The summed E-state index contributed by atoms with van der Waals surface area (Å²) < 4.78 is 16.9. The molecule has 10 nitrogen and oxygen atoms in total. The van der Waals surface area contributed by atoms with E-state index in [0.29, 0.717) is 33.8 Å². The van der Waals surface area contributed by atoms with Gasteiger partial charge in [-0.15, -0.1) is 0 Å². The van der Waals surface area contributed by atoms with Crippen molar-refractivity contribution in [1.82, 2.24) is 10.1 Å². The number of hydrogen-bond donors (Lipinski definition) is 1. The maximum Gasteiger partial charge on any atom is 0.365 e. The van der Waals surface area contributed by atoms with E-state index in [-0.39, 0.29) is 40.3 Å². The number of nitrogens with zero attached hydrogens (tertiary/aromatic N) is 3. The van der Waals surface area contributed by atoms with Gasteiger partial charge in [-0.3, -0.25) is 0 Å². The molecule has 0 unspecified atom stereocenters. The van der Waals surface area contributed by atoms with Crippen LogP contribution >= 0.6 is 34.8 Å². The molecular weight excluding hydrogens is 619 g/mol. The molecule has 2 bridgehead atoms. The predicted molar refractivity (Wildman–Crippen MR) is 160 cm³/mol. The first-order chi connectivity index (χ1) is 20.7. The van der Waals surface area contributed by atoms with E-state index in [1.807, 2.05) is 4.90 Å². The highest BCUT2D eigenvalue weighted by Gasteiger charge is 2.43. The minimum absolute atomic E-state index is 0.0175. The molecule has 1 aliphatic carbocycles. The van der Waals surface area contributed by atoms with Gasteiger partial charge in [-0.2, -0.15) is 0 Å². The summed E-state index contributed by atoms with van der Waals surface area (Å²) in [6, 6.07) is 9.66. The lowest BCUT2D eigenvalue weighted by molar-refractivity contribution is -0.0127. The molecule has 2 N–H and O–H groups in total. The second kappa shape index (κ2) is 12.4. The lowest BCUT2D eigenvalue weighted by Gasteiger charge is -2.39. The third kappa shape index (κ3) is 6.06. The van der Waals surface area contributed by atoms with Crippen molar-refractivity contribution in [3.8, 4) is 11.3 Å². The van der Waals surface area contributed by atoms with Crippen molar-refractivity contribution in [1.29, 1.82) is 0 Å². The van der Waals surface area contributed by atoms with Gasteiger partial charge in [0, 0.05) is 29.1 Å². The molecule has 2 aliphatic heterocycles. The molecule has 6 rings (SSSR count). The van der Waals surface area contributed by atoms with Crippen molar-refractivity contribution in [3.63, 3.8) is 0 Å². The lowest BCUT2D eigenvalue weighted by atomic mass is 9.99. The van der Waals surface area contributed by atoms with Crippen molar-refractivity contribution < 1.29 is 28.4 Å². The van der Waals surface area contributed by atoms with Crippen LogP contribution in [0.2, 0.25) is 15.1 Å². The van der Waals surface area contributed by atoms with Gasteiger partial charge in [-0.05, 0) is 74.0 Å². The number of hydrogen-bond acceptors (Lipinski definition) is 8. The van der Waals surface area contributed by atoms with Crippen LogP contribution in [0.5, 0.6) is 0 Å². The summed E-state index contributed by atoms with van der Waals surface area (Å²) in [6.07, 6.45) is 5.39. The quantitative estimate of drug-likeness (QED) is 0.0949. The number of carbonyl (C=O) groups is 2. The zero-order chi connectivity index (χ0) is 30.2. The minimum Gasteiger partial charge on any atom is -0.465 e. The van der Waals surface area contributed by atoms with Gasteiger partial charge in [0.05, 0.1) is 46.0 Å². The number of aromatic nitrogens is 1. The van der Waals surface area contributed by atoms with Crippen molar-refractivity contribution in [2.45, 2.75) is 69.2 Å². The topological polar surface area (TPSA) is 129 Å². The number of nitrogens with two attached hydrogens (primary N) is 1. The second-order valence-corrected chi connectivity index (χ2v) is 12.2. The molecule has 2 aromatic carbocycles. The van der Waals surface area contributed by atoms with E-state index in [9.17, 15) is 9.59 Å². The number of rotatable bonds is 8. The maximum atomic E-state index is 12.6. The summed E-state index contributed by atoms with van der Waals surface area (Å²) in [4.78, 5) is 31.5. The van der Waals surface area contributed by atoms with Crippen molar-refractivity contribution in [2.24, 2.45) is 10.9 Å². The molecule has 3 heterocycles. The normalized spacial score (nSPS) is 21.6. The molecule has 1 aromatic heterocycles. The number of oxime groups is 1. The summed E-state index contributed by atoms with van der Waals surface area (Å²) in [5, 5.41) is 9.36. The van der Waals surface area contributed by atoms with E-state index in [2.05, 4.69) is 15.0 Å². The average Bonchev–Trinajstić information content (AvgIpc) is 3.70. The van der Waals surface area contributed by atoms with Crippen molar-refractivity contribution in [2.75, 3.05) is 7.11 Å². The standard InChI is InChI=1S/C30H29Cl3N4O6/c1-40-29(39)20-10-7-16(11-24(20)33)28(38)43-36-30(34)37-17-8-9-18(37)13-19(12-17)41-14-21-26(35-42-27(21)15-5-6-15)25-22(31)3-2-4-23(25)32/h2-4,7,10-11,15,17-19H,5-6,8-9,12-14H2,1H3,(H2,34,36)/t17-,18+,19+. The number of fused-ring (bicyclic) bond motifs is 2. The van der Waals surface area contributed by atoms with Gasteiger partial charge in [0.15, 0.2) is 0 Å². The van der Waals surface area contributed by atoms with Crippen LogP contribution < -0.4 is 5.73 Å². The highest BCUT2D eigenvalue weighted by molar-refractivity contribution is 6.39. The molecule has 3 aromatic rings. The van der Waals surface area contributed by atoms with Gasteiger partial charge in [-0.1, -0.05) is 46.0 Å². The number of halogens is 3. The fraction of sp³-hybridized carbons (Fsp3) is 0.400. The van der Waals surface area contributed by atoms with Gasteiger partial charge >= 0.3 is 11.9 Å². The molecule has 2 saturated heterocycles. The van der Waals surface area contributed by atoms with Crippen LogP contribution in [0, 0.1) is 0 Å². The van der Waals surface area contributed by atoms with E-state index < -0.39 is 11.9 Å². The Bertz CT molecular complexity index is 1560. The summed E-state index contributed by atoms with van der Waals surface area (Å²) in [7, 11) is 1.25. The monoisotopic (exact) mass is 646 g/mol. The van der Waals surface area contributed by atoms with Crippen molar-refractivity contribution >= 4 is 52.7 Å². The lowest BCUT2D eigenvalue weighted by Crippen LogP contribution is -2.51. The van der Waals surface area contributed by atoms with Gasteiger partial charge in [-0.25, -0.2) is 9.59 Å². The van der Waals surface area contributed by atoms with E-state index in [0.717, 1.165) is 49.8 Å². The van der Waals surface area contributed by atoms with Crippen LogP contribution in [0.15, 0.2) is 46.1 Å². The van der Waals surface area contributed by atoms with Gasteiger partial charge in [0.25, 0.3) is 0 Å². The molecule has 43 heavy (non-hydrogen) atoms. The first kappa shape index (κ1) is 29.7. The smallest absolute Gasteiger partial charge is 0.365 e. The summed E-state index contributed by atoms with van der Waals surface area (Å²) in [5.41, 5.74) is 8.73. The molecule has 3 atom stereocenters. The molecule has 3 fully saturated rings. The van der Waals surface area contributed by atoms with Crippen LogP contribution in [-0.2, 0) is 20.9 Å². The van der Waals surface area contributed by atoms with Crippen LogP contribution in [0.4, 0.5) is 0 Å². The van der Waals surface area contributed by atoms with Crippen LogP contribution in [-0.4, -0.2) is 53.3 Å². The Morgan fingerprint density at radius 1 is 1.02 bits per heavy atom. The second-order valence-electron chi connectivity index (χ2n) is 11.0. The van der Waals surface area contributed by atoms with Crippen LogP contribution in [0.1, 0.15) is 76.5 Å². The fourth-order valence-electron chi connectivity index (χ4n) is 5.99. The zero-order valence-corrected chi connectivity index (χ0v) is 25.5. The Labute approximate surface area is 262 Å². The highest BCUT2D eigenvalue weighted by Crippen LogP contribution is 2.46. The molecule has 1 saturated carbocycles. The van der Waals surface area contributed by atoms with Gasteiger partial charge in [0.2, 0.25) is 5.96 Å². The van der Waals surface area contributed by atoms with E-state index >= 15 is 0 Å². The van der Waals surface area contributed by atoms with Crippen LogP contribution in [0.25, 0.3) is 11.3 Å². The Kier molecular flexibility index (Phi) is 8.55. The number of methoxy groups -OCH3 is 1. The molecule has 226 valence electrons. The largest absolute Gasteiger partial charge is 0.465 e. The Morgan fingerprint density at radius 3 is 2.35 bits per heavy atom. The molecule has 0 spiro atoms. The first-order valence-electron chi connectivity index (χ1n) is 14.0. The number of benzene rings is 2. The minimum atomic E-state index is -0.749. The SMILES string of the molecule is COC(=O)c1ccc(C(=O)O/N=C(\N)N2[C@@H]3CC[C@H]2C[C@@H](OCc2c(-c4c(Cl)cccc4Cl)noc2C2CC2)C3)cc1Cl. The predicted octanol–water partition coefficient (Wildman–Crippen LogP) is 6.56. The summed E-state index contributed by atoms with van der Waals surface area (Å²) in [5.74, 6) is -0.0560. The molecule has 13 heteroatoms. The van der Waals surface area contributed by atoms with Crippen molar-refractivity contribution in [3.05, 3.63) is 73.9 Å². The third-order valence-corrected chi connectivity index (χ3v) is 9.16. The molecule has 3 aliphatic rings. The Balaban J connectivity index is 1.10. The van der Waals surface area contributed by atoms with Gasteiger partial charge in [0.1, 0.15) is 11.5 Å². The number of piperidine rings is 1. The summed E-state index contributed by atoms with van der Waals surface area (Å²) >= 11 is 19.1. The molecule has 0 amide bonds. The Hall–Kier alpha value is -3.31. The maximum absolute atomic E-state index is 12.6. The number of guanidine groups is 1. The van der Waals surface area contributed by atoms with Crippen LogP contribution in [0.3, 0.4) is 0 Å². The van der Waals surface area contributed by atoms with E-state index in [1.165, 1.54) is 25.3 Å². The fourth-order valence-corrected chi connectivity index (χ4v) is 6.83. The van der Waals surface area contributed by atoms with E-state index in [1.54, 1.807) is 18.2 Å². The van der Waals surface area contributed by atoms with E-state index in [4.69, 9.17) is 54.6 Å². The number of ether oxygens (including phenoxy) is 2. The van der Waals surface area contributed by atoms with Gasteiger partial charge < -0.3 is 29.5 Å². The highest BCUT2D eigenvalue weighted by atomic mass is 35.5. The molecular formula is C30H29Cl3N4O6. The number of esters is 1. The average molecular weight is 648 g/mol. The third-order valence-electron chi connectivity index (χ3n) is 8.22.